The fraction of sp³-hybridized carbons (Fsp3) is 0.167. The minimum atomic E-state index is 0.401. The molecule has 1 aromatic heterocycles. The van der Waals surface area contributed by atoms with E-state index in [-0.39, 0.29) is 0 Å². The van der Waals surface area contributed by atoms with Crippen molar-refractivity contribution in [3.8, 4) is 17.3 Å². The molecular formula is C12H11N3. The fourth-order valence-electron chi connectivity index (χ4n) is 1.59. The lowest BCUT2D eigenvalue weighted by Gasteiger charge is -1.97. The molecule has 0 bridgehead atoms. The zero-order valence-corrected chi connectivity index (χ0v) is 8.51. The van der Waals surface area contributed by atoms with Gasteiger partial charge in [0.1, 0.15) is 0 Å². The summed E-state index contributed by atoms with van der Waals surface area (Å²) >= 11 is 0. The monoisotopic (exact) mass is 197 g/mol. The number of aryl methyl sites for hydroxylation is 1. The molecule has 0 spiro atoms. The summed E-state index contributed by atoms with van der Waals surface area (Å²) in [5.41, 5.74) is 2.94. The summed E-state index contributed by atoms with van der Waals surface area (Å²) < 4.78 is 1.75. The second-order valence-corrected chi connectivity index (χ2v) is 3.38. The van der Waals surface area contributed by atoms with E-state index in [9.17, 15) is 0 Å². The number of rotatable bonds is 2. The molecule has 0 aliphatic heterocycles. The lowest BCUT2D eigenvalue weighted by atomic mass is 10.1. The van der Waals surface area contributed by atoms with Crippen LogP contribution in [0.25, 0.3) is 11.3 Å². The Morgan fingerprint density at radius 2 is 2.07 bits per heavy atom. The van der Waals surface area contributed by atoms with Gasteiger partial charge in [-0.05, 0) is 0 Å². The highest BCUT2D eigenvalue weighted by molar-refractivity contribution is 5.62. The van der Waals surface area contributed by atoms with Crippen molar-refractivity contribution in [1.82, 2.24) is 9.78 Å². The quantitative estimate of drug-likeness (QED) is 0.740. The van der Waals surface area contributed by atoms with Crippen LogP contribution in [0.1, 0.15) is 5.56 Å². The maximum Gasteiger partial charge on any atom is 0.0965 e. The number of hydrogen-bond acceptors (Lipinski definition) is 2. The lowest BCUT2D eigenvalue weighted by molar-refractivity contribution is 0.770. The predicted octanol–water partition coefficient (Wildman–Crippen LogP) is 2.15. The fourth-order valence-corrected chi connectivity index (χ4v) is 1.59. The smallest absolute Gasteiger partial charge is 0.0965 e. The van der Waals surface area contributed by atoms with Crippen molar-refractivity contribution in [2.24, 2.45) is 7.05 Å². The van der Waals surface area contributed by atoms with Gasteiger partial charge >= 0.3 is 0 Å². The first-order valence-corrected chi connectivity index (χ1v) is 4.76. The van der Waals surface area contributed by atoms with Crippen LogP contribution in [0.2, 0.25) is 0 Å². The van der Waals surface area contributed by atoms with E-state index in [1.807, 2.05) is 43.6 Å². The van der Waals surface area contributed by atoms with E-state index in [0.717, 1.165) is 16.8 Å². The first kappa shape index (κ1) is 9.47. The molecular weight excluding hydrogens is 186 g/mol. The number of benzene rings is 1. The van der Waals surface area contributed by atoms with Crippen LogP contribution >= 0.6 is 0 Å². The molecule has 0 saturated carbocycles. The first-order chi connectivity index (χ1) is 7.31. The van der Waals surface area contributed by atoms with E-state index >= 15 is 0 Å². The van der Waals surface area contributed by atoms with E-state index in [1.54, 1.807) is 4.68 Å². The number of hydrogen-bond donors (Lipinski definition) is 0. The summed E-state index contributed by atoms with van der Waals surface area (Å²) in [6.45, 7) is 0. The molecule has 1 aromatic carbocycles. The van der Waals surface area contributed by atoms with Gasteiger partial charge in [0.2, 0.25) is 0 Å². The Morgan fingerprint density at radius 3 is 2.73 bits per heavy atom. The molecule has 0 radical (unpaired) electrons. The number of nitriles is 1. The maximum atomic E-state index is 8.71. The summed E-state index contributed by atoms with van der Waals surface area (Å²) in [5, 5.41) is 13.1. The summed E-state index contributed by atoms with van der Waals surface area (Å²) in [5.74, 6) is 0. The van der Waals surface area contributed by atoms with Crippen LogP contribution in [0.3, 0.4) is 0 Å². The van der Waals surface area contributed by atoms with E-state index in [2.05, 4.69) is 11.2 Å². The maximum absolute atomic E-state index is 8.71. The highest BCUT2D eigenvalue weighted by atomic mass is 15.2. The van der Waals surface area contributed by atoms with E-state index < -0.39 is 0 Å². The van der Waals surface area contributed by atoms with Crippen molar-refractivity contribution >= 4 is 0 Å². The zero-order valence-electron chi connectivity index (χ0n) is 8.51. The van der Waals surface area contributed by atoms with Gasteiger partial charge in [0.05, 0.1) is 18.2 Å². The van der Waals surface area contributed by atoms with E-state index in [4.69, 9.17) is 5.26 Å². The van der Waals surface area contributed by atoms with Gasteiger partial charge in [0, 0.05) is 24.4 Å². The molecule has 2 rings (SSSR count). The van der Waals surface area contributed by atoms with Gasteiger partial charge in [-0.2, -0.15) is 10.4 Å². The minimum Gasteiger partial charge on any atom is -0.275 e. The molecule has 0 amide bonds. The van der Waals surface area contributed by atoms with Gasteiger partial charge < -0.3 is 0 Å². The Hall–Kier alpha value is -2.08. The van der Waals surface area contributed by atoms with E-state index in [0.29, 0.717) is 6.42 Å². The molecule has 0 saturated heterocycles. The molecule has 0 fully saturated rings. The van der Waals surface area contributed by atoms with Crippen molar-refractivity contribution in [2.75, 3.05) is 0 Å². The Labute approximate surface area is 88.6 Å². The highest BCUT2D eigenvalue weighted by Gasteiger charge is 2.08. The molecule has 0 N–H and O–H groups in total. The third kappa shape index (κ3) is 1.89. The molecule has 3 nitrogen and oxygen atoms in total. The predicted molar refractivity (Wildman–Crippen MR) is 58.0 cm³/mol. The van der Waals surface area contributed by atoms with Crippen molar-refractivity contribution in [3.63, 3.8) is 0 Å². The van der Waals surface area contributed by atoms with Crippen molar-refractivity contribution < 1.29 is 0 Å². The normalized spacial score (nSPS) is 9.87. The molecule has 0 aliphatic rings. The van der Waals surface area contributed by atoms with Crippen molar-refractivity contribution in [1.29, 1.82) is 5.26 Å². The molecule has 0 aliphatic carbocycles. The van der Waals surface area contributed by atoms with Crippen molar-refractivity contribution in [3.05, 3.63) is 42.1 Å². The zero-order chi connectivity index (χ0) is 10.7. The topological polar surface area (TPSA) is 41.6 Å². The van der Waals surface area contributed by atoms with Crippen LogP contribution in [0.5, 0.6) is 0 Å². The average Bonchev–Trinajstić information content (AvgIpc) is 2.62. The first-order valence-electron chi connectivity index (χ1n) is 4.76. The number of nitrogens with zero attached hydrogens (tertiary/aromatic N) is 3. The van der Waals surface area contributed by atoms with Crippen LogP contribution in [0.4, 0.5) is 0 Å². The van der Waals surface area contributed by atoms with Gasteiger partial charge in [0.15, 0.2) is 0 Å². The third-order valence-corrected chi connectivity index (χ3v) is 2.22. The summed E-state index contributed by atoms with van der Waals surface area (Å²) in [6.07, 6.45) is 2.30. The molecule has 2 aromatic rings. The average molecular weight is 197 g/mol. The number of aromatic nitrogens is 2. The Balaban J connectivity index is 2.49. The van der Waals surface area contributed by atoms with Gasteiger partial charge in [-0.1, -0.05) is 30.3 Å². The molecule has 1 heterocycles. The summed E-state index contributed by atoms with van der Waals surface area (Å²) in [6, 6.07) is 12.1. The Morgan fingerprint density at radius 1 is 1.33 bits per heavy atom. The van der Waals surface area contributed by atoms with Gasteiger partial charge in [-0.3, -0.25) is 4.68 Å². The van der Waals surface area contributed by atoms with Crippen LogP contribution in [0.15, 0.2) is 36.5 Å². The van der Waals surface area contributed by atoms with Gasteiger partial charge in [0.25, 0.3) is 0 Å². The molecule has 0 unspecified atom stereocenters. The van der Waals surface area contributed by atoms with E-state index in [1.165, 1.54) is 0 Å². The SMILES string of the molecule is Cn1cc(CC#N)c(-c2ccccc2)n1. The molecule has 0 atom stereocenters. The van der Waals surface area contributed by atoms with Crippen LogP contribution in [-0.4, -0.2) is 9.78 Å². The molecule has 74 valence electrons. The van der Waals surface area contributed by atoms with Gasteiger partial charge in [-0.25, -0.2) is 0 Å². The Bertz CT molecular complexity index is 491. The molecule has 15 heavy (non-hydrogen) atoms. The minimum absolute atomic E-state index is 0.401. The summed E-state index contributed by atoms with van der Waals surface area (Å²) in [4.78, 5) is 0. The highest BCUT2D eigenvalue weighted by Crippen LogP contribution is 2.21. The van der Waals surface area contributed by atoms with Crippen LogP contribution < -0.4 is 0 Å². The standard InChI is InChI=1S/C12H11N3/c1-15-9-11(7-8-13)12(14-15)10-5-3-2-4-6-10/h2-6,9H,7H2,1H3. The second kappa shape index (κ2) is 3.97. The summed E-state index contributed by atoms with van der Waals surface area (Å²) in [7, 11) is 1.87. The van der Waals surface area contributed by atoms with Crippen LogP contribution in [-0.2, 0) is 13.5 Å². The molecule has 3 heteroatoms. The third-order valence-electron chi connectivity index (χ3n) is 2.22. The van der Waals surface area contributed by atoms with Crippen molar-refractivity contribution in [2.45, 2.75) is 6.42 Å². The largest absolute Gasteiger partial charge is 0.275 e. The van der Waals surface area contributed by atoms with Crippen LogP contribution in [0, 0.1) is 11.3 Å². The Kier molecular flexibility index (Phi) is 2.51. The second-order valence-electron chi connectivity index (χ2n) is 3.38. The lowest BCUT2D eigenvalue weighted by Crippen LogP contribution is -1.87. The van der Waals surface area contributed by atoms with Gasteiger partial charge in [-0.15, -0.1) is 0 Å².